The first-order valence-electron chi connectivity index (χ1n) is 6.68. The first-order valence-corrected chi connectivity index (χ1v) is 6.68. The molecule has 0 fully saturated rings. The zero-order valence-electron chi connectivity index (χ0n) is 11.4. The third kappa shape index (κ3) is 5.26. The number of unbranched alkanes of at least 4 members (excludes halogenated alkanes) is 2. The van der Waals surface area contributed by atoms with Crippen molar-refractivity contribution in [1.82, 2.24) is 5.43 Å². The maximum atomic E-state index is 13.6. The smallest absolute Gasteiger partial charge is 0.233 e. The van der Waals surface area contributed by atoms with E-state index in [-0.39, 0.29) is 11.7 Å². The molecular formula is C14H22FN3O. The van der Waals surface area contributed by atoms with Crippen LogP contribution in [-0.2, 0) is 4.79 Å². The molecule has 1 rings (SSSR count). The number of carbonyl (C=O) groups is 1. The quantitative estimate of drug-likeness (QED) is 0.328. The number of hydrazine groups is 1. The molecule has 0 aliphatic carbocycles. The molecule has 3 N–H and O–H groups in total. The minimum atomic E-state index is -0.188. The molecule has 19 heavy (non-hydrogen) atoms. The molecular weight excluding hydrogens is 245 g/mol. The van der Waals surface area contributed by atoms with E-state index in [9.17, 15) is 9.18 Å². The fraction of sp³-hybridized carbons (Fsp3) is 0.500. The van der Waals surface area contributed by atoms with Crippen LogP contribution in [0.1, 0.15) is 32.6 Å². The number of amides is 1. The molecule has 0 bridgehead atoms. The van der Waals surface area contributed by atoms with E-state index in [1.807, 2.05) is 17.9 Å². The maximum absolute atomic E-state index is 13.6. The van der Waals surface area contributed by atoms with Crippen LogP contribution in [0.4, 0.5) is 10.1 Å². The molecule has 0 saturated carbocycles. The predicted octanol–water partition coefficient (Wildman–Crippen LogP) is 2.20. The molecule has 0 saturated heterocycles. The molecule has 106 valence electrons. The second kappa shape index (κ2) is 8.48. The summed E-state index contributed by atoms with van der Waals surface area (Å²) in [7, 11) is 0. The van der Waals surface area contributed by atoms with Crippen LogP contribution < -0.4 is 16.2 Å². The minimum absolute atomic E-state index is 0.138. The Balaban J connectivity index is 2.34. The third-order valence-corrected chi connectivity index (χ3v) is 3.07. The van der Waals surface area contributed by atoms with Crippen molar-refractivity contribution in [2.75, 3.05) is 18.0 Å². The lowest BCUT2D eigenvalue weighted by atomic mass is 10.1. The number of nitrogens with zero attached hydrogens (tertiary/aromatic N) is 1. The van der Waals surface area contributed by atoms with Gasteiger partial charge in [-0.25, -0.2) is 10.2 Å². The molecule has 0 heterocycles. The van der Waals surface area contributed by atoms with E-state index < -0.39 is 0 Å². The summed E-state index contributed by atoms with van der Waals surface area (Å²) in [5, 5.41) is 0. The van der Waals surface area contributed by atoms with Crippen molar-refractivity contribution >= 4 is 11.6 Å². The van der Waals surface area contributed by atoms with Crippen LogP contribution in [-0.4, -0.2) is 19.0 Å². The fourth-order valence-electron chi connectivity index (χ4n) is 1.99. The lowest BCUT2D eigenvalue weighted by Gasteiger charge is -2.23. The summed E-state index contributed by atoms with van der Waals surface area (Å²) >= 11 is 0. The van der Waals surface area contributed by atoms with Crippen molar-refractivity contribution in [3.05, 3.63) is 30.1 Å². The first-order chi connectivity index (χ1) is 9.19. The lowest BCUT2D eigenvalue weighted by molar-refractivity contribution is -0.121. The van der Waals surface area contributed by atoms with E-state index in [0.29, 0.717) is 12.1 Å². The first kappa shape index (κ1) is 15.4. The van der Waals surface area contributed by atoms with Crippen molar-refractivity contribution in [3.8, 4) is 0 Å². The zero-order valence-corrected chi connectivity index (χ0v) is 11.4. The second-order valence-corrected chi connectivity index (χ2v) is 4.41. The summed E-state index contributed by atoms with van der Waals surface area (Å²) < 4.78 is 13.6. The average molecular weight is 267 g/mol. The number of nitrogens with two attached hydrogens (primary N) is 1. The van der Waals surface area contributed by atoms with Gasteiger partial charge < -0.3 is 4.90 Å². The van der Waals surface area contributed by atoms with Gasteiger partial charge in [-0.3, -0.25) is 10.2 Å². The highest BCUT2D eigenvalue weighted by molar-refractivity contribution is 5.75. The van der Waals surface area contributed by atoms with Gasteiger partial charge in [0.2, 0.25) is 5.91 Å². The van der Waals surface area contributed by atoms with E-state index in [0.717, 1.165) is 32.4 Å². The van der Waals surface area contributed by atoms with Crippen LogP contribution in [0.2, 0.25) is 0 Å². The average Bonchev–Trinajstić information content (AvgIpc) is 2.43. The number of hydrogen-bond donors (Lipinski definition) is 2. The summed E-state index contributed by atoms with van der Waals surface area (Å²) in [5.74, 6) is 4.67. The fourth-order valence-corrected chi connectivity index (χ4v) is 1.99. The highest BCUT2D eigenvalue weighted by atomic mass is 19.1. The Morgan fingerprint density at radius 3 is 2.68 bits per heavy atom. The second-order valence-electron chi connectivity index (χ2n) is 4.41. The molecule has 0 radical (unpaired) electrons. The number of para-hydroxylation sites is 1. The van der Waals surface area contributed by atoms with Gasteiger partial charge in [-0.2, -0.15) is 0 Å². The van der Waals surface area contributed by atoms with Gasteiger partial charge in [-0.15, -0.1) is 0 Å². The van der Waals surface area contributed by atoms with Gasteiger partial charge in [0.25, 0.3) is 0 Å². The molecule has 1 aromatic rings. The van der Waals surface area contributed by atoms with Crippen molar-refractivity contribution in [3.63, 3.8) is 0 Å². The van der Waals surface area contributed by atoms with Crippen LogP contribution in [0.15, 0.2) is 24.3 Å². The van der Waals surface area contributed by atoms with E-state index >= 15 is 0 Å². The highest BCUT2D eigenvalue weighted by Crippen LogP contribution is 2.19. The van der Waals surface area contributed by atoms with Gasteiger partial charge in [-0.1, -0.05) is 18.6 Å². The van der Waals surface area contributed by atoms with Crippen molar-refractivity contribution in [2.24, 2.45) is 5.84 Å². The standard InChI is InChI=1S/C14H22FN3O/c1-2-18(13-9-6-5-8-12(13)15)11-7-3-4-10-14(19)17-16/h5-6,8-9H,2-4,7,10-11,16H2,1H3,(H,17,19). The van der Waals surface area contributed by atoms with Gasteiger partial charge >= 0.3 is 0 Å². The van der Waals surface area contributed by atoms with Crippen LogP contribution in [0, 0.1) is 5.82 Å². The Bertz CT molecular complexity index is 398. The molecule has 0 unspecified atom stereocenters. The molecule has 0 aliphatic rings. The topological polar surface area (TPSA) is 58.4 Å². The van der Waals surface area contributed by atoms with E-state index in [4.69, 9.17) is 5.84 Å². The molecule has 0 aliphatic heterocycles. The molecule has 5 heteroatoms. The van der Waals surface area contributed by atoms with Crippen LogP contribution in [0.3, 0.4) is 0 Å². The minimum Gasteiger partial charge on any atom is -0.369 e. The molecule has 4 nitrogen and oxygen atoms in total. The number of rotatable bonds is 8. The molecule has 1 amide bonds. The van der Waals surface area contributed by atoms with Crippen molar-refractivity contribution in [1.29, 1.82) is 0 Å². The normalized spacial score (nSPS) is 10.3. The molecule has 0 aromatic heterocycles. The van der Waals surface area contributed by atoms with Crippen molar-refractivity contribution < 1.29 is 9.18 Å². The summed E-state index contributed by atoms with van der Waals surface area (Å²) in [5.41, 5.74) is 2.75. The Morgan fingerprint density at radius 2 is 2.05 bits per heavy atom. The molecule has 0 atom stereocenters. The largest absolute Gasteiger partial charge is 0.369 e. The van der Waals surface area contributed by atoms with Gasteiger partial charge in [0, 0.05) is 19.5 Å². The van der Waals surface area contributed by atoms with Crippen LogP contribution in [0.25, 0.3) is 0 Å². The number of benzene rings is 1. The molecule has 0 spiro atoms. The number of nitrogens with one attached hydrogen (secondary N) is 1. The van der Waals surface area contributed by atoms with Gasteiger partial charge in [-0.05, 0) is 31.9 Å². The van der Waals surface area contributed by atoms with Gasteiger partial charge in [0.1, 0.15) is 5.82 Å². The Labute approximate surface area is 113 Å². The number of anilines is 1. The highest BCUT2D eigenvalue weighted by Gasteiger charge is 2.08. The summed E-state index contributed by atoms with van der Waals surface area (Å²) in [6.07, 6.45) is 3.11. The van der Waals surface area contributed by atoms with Gasteiger partial charge in [0.15, 0.2) is 0 Å². The summed E-state index contributed by atoms with van der Waals surface area (Å²) in [4.78, 5) is 12.9. The lowest BCUT2D eigenvalue weighted by Crippen LogP contribution is -2.29. The number of halogens is 1. The third-order valence-electron chi connectivity index (χ3n) is 3.07. The SMILES string of the molecule is CCN(CCCCCC(=O)NN)c1ccccc1F. The maximum Gasteiger partial charge on any atom is 0.233 e. The van der Waals surface area contributed by atoms with Gasteiger partial charge in [0.05, 0.1) is 5.69 Å². The van der Waals surface area contributed by atoms with Crippen LogP contribution in [0.5, 0.6) is 0 Å². The monoisotopic (exact) mass is 267 g/mol. The van der Waals surface area contributed by atoms with E-state index in [2.05, 4.69) is 5.43 Å². The summed E-state index contributed by atoms with van der Waals surface area (Å²) in [6, 6.07) is 6.80. The van der Waals surface area contributed by atoms with E-state index in [1.165, 1.54) is 6.07 Å². The Hall–Kier alpha value is -1.62. The predicted molar refractivity (Wildman–Crippen MR) is 75.1 cm³/mol. The van der Waals surface area contributed by atoms with E-state index in [1.54, 1.807) is 12.1 Å². The Kier molecular flexibility index (Phi) is 6.89. The molecule has 1 aromatic carbocycles. The van der Waals surface area contributed by atoms with Crippen molar-refractivity contribution in [2.45, 2.75) is 32.6 Å². The van der Waals surface area contributed by atoms with Crippen LogP contribution >= 0.6 is 0 Å². The number of carbonyl (C=O) groups excluding carboxylic acids is 1. The number of hydrogen-bond acceptors (Lipinski definition) is 3. The summed E-state index contributed by atoms with van der Waals surface area (Å²) in [6.45, 7) is 3.57. The Morgan fingerprint density at radius 1 is 1.32 bits per heavy atom. The zero-order chi connectivity index (χ0) is 14.1.